The molecule has 0 spiro atoms. The van der Waals surface area contributed by atoms with E-state index in [1.54, 1.807) is 22.0 Å². The minimum atomic E-state index is -0.514. The molecule has 1 aliphatic carbocycles. The van der Waals surface area contributed by atoms with Crippen LogP contribution in [-0.2, 0) is 18.8 Å². The predicted molar refractivity (Wildman–Crippen MR) is 259 cm³/mol. The van der Waals surface area contributed by atoms with E-state index in [9.17, 15) is 4.79 Å². The SMILES string of the molecule is CC(C)c1cnnc(Nc2ccc3ncc(-c4cn(C)nc4C4CCC4)cc3n2)c1.CC(C)c1cnnc(Nc2ccc3ncc(-c4cn(C)nc4C4CN(C(=O)OC(C)(C)C)C4)cc3n2)c1. The molecule has 0 atom stereocenters. The summed E-state index contributed by atoms with van der Waals surface area (Å²) in [5.41, 5.74) is 11.2. The van der Waals surface area contributed by atoms with Crippen LogP contribution in [-0.4, -0.2) is 89.6 Å². The second-order valence-corrected chi connectivity index (χ2v) is 19.1. The molecule has 344 valence electrons. The molecule has 8 aromatic heterocycles. The van der Waals surface area contributed by atoms with Crippen molar-refractivity contribution in [2.45, 2.75) is 97.0 Å². The number of hydrogen-bond acceptors (Lipinski definition) is 14. The fraction of sp³-hybridized carbons (Fsp3) is 0.380. The Kier molecular flexibility index (Phi) is 12.3. The summed E-state index contributed by atoms with van der Waals surface area (Å²) in [6, 6.07) is 15.8. The summed E-state index contributed by atoms with van der Waals surface area (Å²) in [5, 5.41) is 32.5. The monoisotopic (exact) mass is 899 g/mol. The van der Waals surface area contributed by atoms with Crippen LogP contribution in [0.3, 0.4) is 0 Å². The molecular formula is C50H57N15O2. The van der Waals surface area contributed by atoms with Crippen molar-refractivity contribution in [1.82, 2.24) is 64.8 Å². The summed E-state index contributed by atoms with van der Waals surface area (Å²) >= 11 is 0. The second kappa shape index (κ2) is 18.5. The maximum atomic E-state index is 12.4. The van der Waals surface area contributed by atoms with Gasteiger partial charge in [-0.25, -0.2) is 14.8 Å². The third-order valence-electron chi connectivity index (χ3n) is 12.0. The lowest BCUT2D eigenvalue weighted by molar-refractivity contribution is 0.00787. The van der Waals surface area contributed by atoms with E-state index >= 15 is 0 Å². The Hall–Kier alpha value is -7.43. The fourth-order valence-electron chi connectivity index (χ4n) is 8.09. The standard InChI is InChI=1S/C27H32N8O2.C23H25N7/c1-16(2)17-10-24(32-29-12-17)31-23-8-7-21-22(30-23)9-18(11-28-21)20-15-34(6)33-25(20)19-13-35(14-19)26(36)37-27(3,4)5;1-14(2)16-10-22(28-25-12-16)27-21-8-7-19-20(26-21)9-17(11-24-19)18-13-30(3)29-23(18)15-5-4-6-15/h7-12,15-16,19H,13-14H2,1-6H3,(H,30,31,32);7-15H,4-6H2,1-3H3,(H,26,27,28). The molecule has 1 saturated heterocycles. The van der Waals surface area contributed by atoms with Crippen LogP contribution < -0.4 is 10.6 Å². The maximum absolute atomic E-state index is 12.4. The van der Waals surface area contributed by atoms with Gasteiger partial charge in [0.15, 0.2) is 11.6 Å². The summed E-state index contributed by atoms with van der Waals surface area (Å²) in [4.78, 5) is 32.9. The van der Waals surface area contributed by atoms with Crippen LogP contribution >= 0.6 is 0 Å². The first-order valence-electron chi connectivity index (χ1n) is 22.9. The zero-order chi connectivity index (χ0) is 47.0. The summed E-state index contributed by atoms with van der Waals surface area (Å²) in [6.45, 7) is 15.3. The number of hydrogen-bond donors (Lipinski definition) is 2. The molecule has 9 heterocycles. The molecule has 8 aromatic rings. The average molecular weight is 900 g/mol. The first-order valence-corrected chi connectivity index (χ1v) is 22.9. The Morgan fingerprint density at radius 3 is 1.55 bits per heavy atom. The summed E-state index contributed by atoms with van der Waals surface area (Å²) < 4.78 is 9.20. The van der Waals surface area contributed by atoms with Gasteiger partial charge in [-0.15, -0.1) is 10.2 Å². The van der Waals surface area contributed by atoms with E-state index in [0.717, 1.165) is 67.0 Å². The van der Waals surface area contributed by atoms with Crippen LogP contribution in [0.25, 0.3) is 44.3 Å². The molecule has 17 heteroatoms. The van der Waals surface area contributed by atoms with Gasteiger partial charge in [0.25, 0.3) is 0 Å². The highest BCUT2D eigenvalue weighted by Crippen LogP contribution is 2.41. The topological polar surface area (TPSA) is 192 Å². The number of nitrogens with zero attached hydrogens (tertiary/aromatic N) is 13. The molecule has 67 heavy (non-hydrogen) atoms. The lowest BCUT2D eigenvalue weighted by Crippen LogP contribution is -2.50. The van der Waals surface area contributed by atoms with Gasteiger partial charge in [0.2, 0.25) is 0 Å². The third-order valence-corrected chi connectivity index (χ3v) is 12.0. The lowest BCUT2D eigenvalue weighted by Gasteiger charge is -2.39. The van der Waals surface area contributed by atoms with E-state index in [2.05, 4.69) is 81.0 Å². The maximum Gasteiger partial charge on any atom is 0.410 e. The fourth-order valence-corrected chi connectivity index (χ4v) is 8.09. The van der Waals surface area contributed by atoms with E-state index in [0.29, 0.717) is 48.3 Å². The molecule has 2 fully saturated rings. The zero-order valence-corrected chi connectivity index (χ0v) is 39.6. The van der Waals surface area contributed by atoms with Gasteiger partial charge in [-0.3, -0.25) is 19.3 Å². The average Bonchev–Trinajstić information content (AvgIpc) is 3.83. The van der Waals surface area contributed by atoms with Gasteiger partial charge >= 0.3 is 6.09 Å². The number of amides is 1. The molecule has 1 aliphatic heterocycles. The lowest BCUT2D eigenvalue weighted by atomic mass is 9.81. The van der Waals surface area contributed by atoms with Gasteiger partial charge in [0.1, 0.15) is 17.2 Å². The summed E-state index contributed by atoms with van der Waals surface area (Å²) in [6.07, 6.45) is 14.9. The molecule has 17 nitrogen and oxygen atoms in total. The van der Waals surface area contributed by atoms with Crippen molar-refractivity contribution < 1.29 is 9.53 Å². The highest BCUT2D eigenvalue weighted by molar-refractivity contribution is 5.84. The van der Waals surface area contributed by atoms with Crippen LogP contribution in [0.5, 0.6) is 0 Å². The molecule has 2 aliphatic rings. The summed E-state index contributed by atoms with van der Waals surface area (Å²) in [7, 11) is 3.88. The molecule has 2 N–H and O–H groups in total. The first-order chi connectivity index (χ1) is 32.1. The number of pyridine rings is 4. The molecular weight excluding hydrogens is 843 g/mol. The number of aryl methyl sites for hydroxylation is 2. The number of rotatable bonds is 10. The molecule has 0 radical (unpaired) electrons. The van der Waals surface area contributed by atoms with Crippen LogP contribution in [0.2, 0.25) is 0 Å². The number of nitrogens with one attached hydrogen (secondary N) is 2. The van der Waals surface area contributed by atoms with E-state index in [4.69, 9.17) is 24.9 Å². The number of ether oxygens (including phenoxy) is 1. The van der Waals surface area contributed by atoms with Crippen LogP contribution in [0.1, 0.15) is 114 Å². The van der Waals surface area contributed by atoms with Crippen molar-refractivity contribution in [3.8, 4) is 22.3 Å². The second-order valence-electron chi connectivity index (χ2n) is 19.1. The molecule has 10 rings (SSSR count). The van der Waals surface area contributed by atoms with Crippen molar-refractivity contribution in [2.75, 3.05) is 23.7 Å². The van der Waals surface area contributed by atoms with Gasteiger partial charge < -0.3 is 20.3 Å². The third kappa shape index (κ3) is 10.2. The largest absolute Gasteiger partial charge is 0.444 e. The van der Waals surface area contributed by atoms with E-state index in [-0.39, 0.29) is 12.0 Å². The van der Waals surface area contributed by atoms with Crippen molar-refractivity contribution in [1.29, 1.82) is 0 Å². The van der Waals surface area contributed by atoms with Crippen molar-refractivity contribution in [3.63, 3.8) is 0 Å². The number of carbonyl (C=O) groups is 1. The Labute approximate surface area is 389 Å². The Balaban J connectivity index is 0.000000171. The van der Waals surface area contributed by atoms with Gasteiger partial charge in [-0.1, -0.05) is 34.1 Å². The smallest absolute Gasteiger partial charge is 0.410 e. The van der Waals surface area contributed by atoms with Crippen LogP contribution in [0.15, 0.2) is 85.7 Å². The minimum absolute atomic E-state index is 0.132. The molecule has 0 unspecified atom stereocenters. The normalized spacial score (nSPS) is 14.2. The van der Waals surface area contributed by atoms with Gasteiger partial charge in [0, 0.05) is 86.1 Å². The van der Waals surface area contributed by atoms with Crippen molar-refractivity contribution in [2.24, 2.45) is 14.1 Å². The van der Waals surface area contributed by atoms with Gasteiger partial charge in [0.05, 0.1) is 45.8 Å². The quantitative estimate of drug-likeness (QED) is 0.132. The highest BCUT2D eigenvalue weighted by Gasteiger charge is 2.37. The zero-order valence-electron chi connectivity index (χ0n) is 39.6. The van der Waals surface area contributed by atoms with E-state index in [1.807, 2.05) is 101 Å². The number of aromatic nitrogens is 12. The summed E-state index contributed by atoms with van der Waals surface area (Å²) in [5.74, 6) is 4.17. The van der Waals surface area contributed by atoms with E-state index in [1.165, 1.54) is 25.0 Å². The highest BCUT2D eigenvalue weighted by atomic mass is 16.6. The first kappa shape index (κ1) is 44.8. The van der Waals surface area contributed by atoms with Gasteiger partial charge in [-0.2, -0.15) is 20.4 Å². The number of likely N-dealkylation sites (tertiary alicyclic amines) is 1. The molecule has 1 saturated carbocycles. The predicted octanol–water partition coefficient (Wildman–Crippen LogP) is 9.98. The van der Waals surface area contributed by atoms with Crippen LogP contribution in [0, 0.1) is 0 Å². The number of carbonyl (C=O) groups excluding carboxylic acids is 1. The van der Waals surface area contributed by atoms with Crippen molar-refractivity contribution >= 4 is 51.4 Å². The minimum Gasteiger partial charge on any atom is -0.444 e. The Morgan fingerprint density at radius 1 is 0.642 bits per heavy atom. The van der Waals surface area contributed by atoms with E-state index < -0.39 is 5.60 Å². The molecule has 1 amide bonds. The van der Waals surface area contributed by atoms with Gasteiger partial charge in [-0.05, 0) is 105 Å². The van der Waals surface area contributed by atoms with Crippen LogP contribution in [0.4, 0.5) is 28.1 Å². The Bertz CT molecular complexity index is 3070. The van der Waals surface area contributed by atoms with Crippen molar-refractivity contribution in [3.05, 3.63) is 108 Å². The Morgan fingerprint density at radius 2 is 1.12 bits per heavy atom. The molecule has 0 aromatic carbocycles. The number of fused-ring (bicyclic) bond motifs is 2. The number of anilines is 4. The molecule has 0 bridgehead atoms.